The van der Waals surface area contributed by atoms with E-state index in [1.165, 1.54) is 0 Å². The Balaban J connectivity index is 2.83. The molecule has 3 heteroatoms. The molecule has 1 aromatic carbocycles. The van der Waals surface area contributed by atoms with Crippen molar-refractivity contribution in [2.24, 2.45) is 0 Å². The van der Waals surface area contributed by atoms with Crippen LogP contribution in [0.1, 0.15) is 17.9 Å². The second-order valence-electron chi connectivity index (χ2n) is 4.79. The molecule has 0 aliphatic heterocycles. The number of hydrogen-bond donors (Lipinski definition) is 0. The van der Waals surface area contributed by atoms with Gasteiger partial charge in [-0.15, -0.1) is 0 Å². The molecule has 0 N–H and O–H groups in total. The summed E-state index contributed by atoms with van der Waals surface area (Å²) < 4.78 is 0. The Morgan fingerprint density at radius 1 is 1.12 bits per heavy atom. The number of carbonyl (C=O) groups is 1. The molecular formula is C14H22N2O. The van der Waals surface area contributed by atoms with Crippen LogP contribution in [0.3, 0.4) is 0 Å². The summed E-state index contributed by atoms with van der Waals surface area (Å²) in [6, 6.07) is 10.0. The Bertz CT molecular complexity index is 346. The minimum Gasteiger partial charge on any atom is -0.348 e. The Labute approximate surface area is 104 Å². The average Bonchev–Trinajstić information content (AvgIpc) is 2.30. The van der Waals surface area contributed by atoms with Crippen LogP contribution in [0.5, 0.6) is 0 Å². The van der Waals surface area contributed by atoms with Gasteiger partial charge in [0.2, 0.25) is 5.91 Å². The first kappa shape index (κ1) is 13.7. The summed E-state index contributed by atoms with van der Waals surface area (Å²) in [6.07, 6.45) is 0.855. The summed E-state index contributed by atoms with van der Waals surface area (Å²) in [6.45, 7) is 0.916. The number of likely N-dealkylation sites (N-methyl/N-ethyl adjacent to an activating group) is 1. The lowest BCUT2D eigenvalue weighted by molar-refractivity contribution is -0.130. The molecule has 17 heavy (non-hydrogen) atoms. The number of amides is 1. The molecule has 0 saturated carbocycles. The zero-order chi connectivity index (χ0) is 12.8. The van der Waals surface area contributed by atoms with E-state index in [1.54, 1.807) is 4.90 Å². The highest BCUT2D eigenvalue weighted by atomic mass is 16.2. The molecule has 0 spiro atoms. The molecular weight excluding hydrogens is 212 g/mol. The molecule has 0 bridgehead atoms. The fraction of sp³-hybridized carbons (Fsp3) is 0.500. The molecule has 0 heterocycles. The van der Waals surface area contributed by atoms with Gasteiger partial charge >= 0.3 is 0 Å². The predicted molar refractivity (Wildman–Crippen MR) is 71.0 cm³/mol. The van der Waals surface area contributed by atoms with Gasteiger partial charge in [-0.3, -0.25) is 4.79 Å². The van der Waals surface area contributed by atoms with Crippen LogP contribution in [0.4, 0.5) is 0 Å². The van der Waals surface area contributed by atoms with Gasteiger partial charge in [0, 0.05) is 14.1 Å². The average molecular weight is 234 g/mol. The van der Waals surface area contributed by atoms with Crippen molar-refractivity contribution < 1.29 is 4.79 Å². The van der Waals surface area contributed by atoms with E-state index in [-0.39, 0.29) is 11.8 Å². The zero-order valence-electron chi connectivity index (χ0n) is 11.2. The minimum atomic E-state index is -0.0337. The second kappa shape index (κ2) is 6.40. The van der Waals surface area contributed by atoms with Gasteiger partial charge in [-0.25, -0.2) is 0 Å². The summed E-state index contributed by atoms with van der Waals surface area (Å²) in [5.74, 6) is 0.145. The minimum absolute atomic E-state index is 0.0337. The summed E-state index contributed by atoms with van der Waals surface area (Å²) in [4.78, 5) is 15.9. The second-order valence-corrected chi connectivity index (χ2v) is 4.79. The van der Waals surface area contributed by atoms with E-state index in [0.29, 0.717) is 0 Å². The van der Waals surface area contributed by atoms with Gasteiger partial charge in [-0.05, 0) is 32.6 Å². The smallest absolute Gasteiger partial charge is 0.229 e. The maximum absolute atomic E-state index is 12.2. The largest absolute Gasteiger partial charge is 0.348 e. The van der Waals surface area contributed by atoms with Crippen molar-refractivity contribution in [2.45, 2.75) is 12.3 Å². The first-order valence-electron chi connectivity index (χ1n) is 5.93. The lowest BCUT2D eigenvalue weighted by Crippen LogP contribution is -2.30. The monoisotopic (exact) mass is 234 g/mol. The van der Waals surface area contributed by atoms with Crippen molar-refractivity contribution in [1.29, 1.82) is 0 Å². The van der Waals surface area contributed by atoms with Crippen LogP contribution < -0.4 is 0 Å². The molecule has 0 aliphatic rings. The third kappa shape index (κ3) is 4.19. The van der Waals surface area contributed by atoms with Gasteiger partial charge in [0.25, 0.3) is 0 Å². The molecule has 0 aromatic heterocycles. The number of nitrogens with zero attached hydrogens (tertiary/aromatic N) is 2. The maximum Gasteiger partial charge on any atom is 0.229 e. The fourth-order valence-corrected chi connectivity index (χ4v) is 1.82. The van der Waals surface area contributed by atoms with Gasteiger partial charge in [0.15, 0.2) is 0 Å². The Hall–Kier alpha value is -1.35. The standard InChI is InChI=1S/C14H22N2O/c1-15(2)11-10-13(14(17)16(3)4)12-8-6-5-7-9-12/h5-9,13H,10-11H2,1-4H3. The Morgan fingerprint density at radius 3 is 2.18 bits per heavy atom. The molecule has 0 aliphatic carbocycles. The molecule has 1 aromatic rings. The highest BCUT2D eigenvalue weighted by Gasteiger charge is 2.21. The summed E-state index contributed by atoms with van der Waals surface area (Å²) in [5.41, 5.74) is 1.10. The van der Waals surface area contributed by atoms with E-state index in [9.17, 15) is 4.79 Å². The van der Waals surface area contributed by atoms with E-state index in [0.717, 1.165) is 18.5 Å². The van der Waals surface area contributed by atoms with Gasteiger partial charge in [-0.1, -0.05) is 30.3 Å². The quantitative estimate of drug-likeness (QED) is 0.775. The molecule has 3 nitrogen and oxygen atoms in total. The predicted octanol–water partition coefficient (Wildman–Crippen LogP) is 1.81. The van der Waals surface area contributed by atoms with Crippen LogP contribution in [0.2, 0.25) is 0 Å². The lowest BCUT2D eigenvalue weighted by atomic mass is 9.94. The van der Waals surface area contributed by atoms with E-state index >= 15 is 0 Å². The number of hydrogen-bond acceptors (Lipinski definition) is 2. The zero-order valence-corrected chi connectivity index (χ0v) is 11.2. The van der Waals surface area contributed by atoms with Crippen molar-refractivity contribution in [3.63, 3.8) is 0 Å². The highest BCUT2D eigenvalue weighted by Crippen LogP contribution is 2.21. The van der Waals surface area contributed by atoms with Crippen molar-refractivity contribution in [3.8, 4) is 0 Å². The van der Waals surface area contributed by atoms with E-state index in [1.807, 2.05) is 58.5 Å². The molecule has 1 unspecified atom stereocenters. The molecule has 0 saturated heterocycles. The van der Waals surface area contributed by atoms with Crippen molar-refractivity contribution in [1.82, 2.24) is 9.80 Å². The SMILES string of the molecule is CN(C)CCC(C(=O)N(C)C)c1ccccc1. The van der Waals surface area contributed by atoms with Crippen LogP contribution in [-0.4, -0.2) is 50.4 Å². The normalized spacial score (nSPS) is 12.5. The summed E-state index contributed by atoms with van der Waals surface area (Å²) >= 11 is 0. The number of rotatable bonds is 5. The molecule has 1 rings (SSSR count). The Morgan fingerprint density at radius 2 is 1.71 bits per heavy atom. The van der Waals surface area contributed by atoms with Crippen LogP contribution in [0.25, 0.3) is 0 Å². The molecule has 0 radical (unpaired) electrons. The lowest BCUT2D eigenvalue weighted by Gasteiger charge is -2.22. The van der Waals surface area contributed by atoms with Crippen molar-refractivity contribution >= 4 is 5.91 Å². The van der Waals surface area contributed by atoms with Crippen LogP contribution in [0, 0.1) is 0 Å². The maximum atomic E-state index is 12.2. The summed E-state index contributed by atoms with van der Waals surface area (Å²) in [7, 11) is 7.69. The molecule has 0 fully saturated rings. The third-order valence-corrected chi connectivity index (χ3v) is 2.81. The van der Waals surface area contributed by atoms with Gasteiger partial charge in [-0.2, -0.15) is 0 Å². The van der Waals surface area contributed by atoms with Gasteiger partial charge in [0.1, 0.15) is 0 Å². The van der Waals surface area contributed by atoms with E-state index in [4.69, 9.17) is 0 Å². The third-order valence-electron chi connectivity index (χ3n) is 2.81. The van der Waals surface area contributed by atoms with Crippen molar-refractivity contribution in [3.05, 3.63) is 35.9 Å². The van der Waals surface area contributed by atoms with E-state index < -0.39 is 0 Å². The first-order chi connectivity index (χ1) is 8.02. The number of benzene rings is 1. The Kier molecular flexibility index (Phi) is 5.16. The van der Waals surface area contributed by atoms with Gasteiger partial charge < -0.3 is 9.80 Å². The van der Waals surface area contributed by atoms with E-state index in [2.05, 4.69) is 4.90 Å². The topological polar surface area (TPSA) is 23.6 Å². The number of carbonyl (C=O) groups excluding carboxylic acids is 1. The summed E-state index contributed by atoms with van der Waals surface area (Å²) in [5, 5.41) is 0. The van der Waals surface area contributed by atoms with Crippen LogP contribution >= 0.6 is 0 Å². The fourth-order valence-electron chi connectivity index (χ4n) is 1.82. The van der Waals surface area contributed by atoms with Crippen LogP contribution in [-0.2, 0) is 4.79 Å². The van der Waals surface area contributed by atoms with Gasteiger partial charge in [0.05, 0.1) is 5.92 Å². The van der Waals surface area contributed by atoms with Crippen LogP contribution in [0.15, 0.2) is 30.3 Å². The highest BCUT2D eigenvalue weighted by molar-refractivity contribution is 5.83. The van der Waals surface area contributed by atoms with Crippen molar-refractivity contribution in [2.75, 3.05) is 34.7 Å². The molecule has 1 atom stereocenters. The first-order valence-corrected chi connectivity index (χ1v) is 5.93. The molecule has 1 amide bonds. The molecule has 94 valence electrons.